The average Bonchev–Trinajstić information content (AvgIpc) is 2.51. The summed E-state index contributed by atoms with van der Waals surface area (Å²) in [5, 5.41) is 6.93. The molecular weight excluding hydrogens is 164 g/mol. The van der Waals surface area contributed by atoms with E-state index in [4.69, 9.17) is 0 Å². The molecule has 0 radical (unpaired) electrons. The standard InChI is InChI=1S/C9H16N4/c1-7-3-10-4-8(12-7)9-5-11-6-13(9)2/h5-8,10,12H,3-4H2,1-2H3. The largest absolute Gasteiger partial charge is 0.336 e. The van der Waals surface area contributed by atoms with Crippen LogP contribution in [0, 0.1) is 0 Å². The van der Waals surface area contributed by atoms with Crippen LogP contribution < -0.4 is 10.6 Å². The van der Waals surface area contributed by atoms with Crippen molar-refractivity contribution in [2.45, 2.75) is 19.0 Å². The lowest BCUT2D eigenvalue weighted by Crippen LogP contribution is -2.49. The fourth-order valence-corrected chi connectivity index (χ4v) is 1.80. The number of hydrogen-bond acceptors (Lipinski definition) is 3. The summed E-state index contributed by atoms with van der Waals surface area (Å²) in [6.45, 7) is 4.23. The number of nitrogens with zero attached hydrogens (tertiary/aromatic N) is 2. The second kappa shape index (κ2) is 3.47. The lowest BCUT2D eigenvalue weighted by Gasteiger charge is -2.29. The third-order valence-electron chi connectivity index (χ3n) is 2.50. The molecule has 1 aromatic rings. The molecule has 1 aromatic heterocycles. The Hall–Kier alpha value is -0.870. The van der Waals surface area contributed by atoms with E-state index in [0.29, 0.717) is 12.1 Å². The normalized spacial score (nSPS) is 29.1. The monoisotopic (exact) mass is 180 g/mol. The molecule has 2 heterocycles. The molecule has 0 saturated carbocycles. The Labute approximate surface area is 78.4 Å². The third kappa shape index (κ3) is 1.73. The summed E-state index contributed by atoms with van der Waals surface area (Å²) in [5.74, 6) is 0. The summed E-state index contributed by atoms with van der Waals surface area (Å²) < 4.78 is 2.07. The maximum absolute atomic E-state index is 4.12. The fourth-order valence-electron chi connectivity index (χ4n) is 1.80. The van der Waals surface area contributed by atoms with E-state index in [1.54, 1.807) is 0 Å². The molecule has 0 amide bonds. The van der Waals surface area contributed by atoms with E-state index < -0.39 is 0 Å². The molecular formula is C9H16N4. The first-order valence-corrected chi connectivity index (χ1v) is 4.70. The Bertz CT molecular complexity index is 281. The molecule has 2 rings (SSSR count). The Balaban J connectivity index is 2.12. The van der Waals surface area contributed by atoms with Crippen molar-refractivity contribution in [1.82, 2.24) is 20.2 Å². The summed E-state index contributed by atoms with van der Waals surface area (Å²) in [7, 11) is 2.03. The van der Waals surface area contributed by atoms with Gasteiger partial charge in [0.2, 0.25) is 0 Å². The molecule has 0 spiro atoms. The van der Waals surface area contributed by atoms with Crippen LogP contribution in [0.5, 0.6) is 0 Å². The molecule has 2 unspecified atom stereocenters. The molecule has 4 heteroatoms. The number of imidazole rings is 1. The molecule has 72 valence electrons. The Morgan fingerprint density at radius 1 is 1.54 bits per heavy atom. The van der Waals surface area contributed by atoms with Crippen molar-refractivity contribution in [2.24, 2.45) is 7.05 Å². The highest BCUT2D eigenvalue weighted by atomic mass is 15.1. The van der Waals surface area contributed by atoms with E-state index in [0.717, 1.165) is 13.1 Å². The van der Waals surface area contributed by atoms with E-state index in [-0.39, 0.29) is 0 Å². The summed E-state index contributed by atoms with van der Waals surface area (Å²) in [4.78, 5) is 4.12. The molecule has 13 heavy (non-hydrogen) atoms. The van der Waals surface area contributed by atoms with Crippen LogP contribution in [0.2, 0.25) is 0 Å². The number of piperazine rings is 1. The van der Waals surface area contributed by atoms with E-state index in [9.17, 15) is 0 Å². The lowest BCUT2D eigenvalue weighted by molar-refractivity contribution is 0.350. The minimum absolute atomic E-state index is 0.399. The maximum Gasteiger partial charge on any atom is 0.0946 e. The van der Waals surface area contributed by atoms with Gasteiger partial charge in [-0.1, -0.05) is 0 Å². The molecule has 0 bridgehead atoms. The molecule has 1 aliphatic rings. The van der Waals surface area contributed by atoms with Crippen LogP contribution in [0.15, 0.2) is 12.5 Å². The molecule has 1 aliphatic heterocycles. The zero-order valence-electron chi connectivity index (χ0n) is 8.12. The van der Waals surface area contributed by atoms with Crippen molar-refractivity contribution in [3.63, 3.8) is 0 Å². The molecule has 0 aromatic carbocycles. The summed E-state index contributed by atoms with van der Waals surface area (Å²) >= 11 is 0. The third-order valence-corrected chi connectivity index (χ3v) is 2.50. The van der Waals surface area contributed by atoms with Crippen LogP contribution in [0.3, 0.4) is 0 Å². The lowest BCUT2D eigenvalue weighted by atomic mass is 10.1. The number of aromatic nitrogens is 2. The highest BCUT2D eigenvalue weighted by Crippen LogP contribution is 2.13. The second-order valence-corrected chi connectivity index (χ2v) is 3.71. The topological polar surface area (TPSA) is 41.9 Å². The molecule has 4 nitrogen and oxygen atoms in total. The van der Waals surface area contributed by atoms with Crippen molar-refractivity contribution >= 4 is 0 Å². The van der Waals surface area contributed by atoms with Crippen LogP contribution in [0.25, 0.3) is 0 Å². The van der Waals surface area contributed by atoms with Gasteiger partial charge in [-0.05, 0) is 6.92 Å². The zero-order chi connectivity index (χ0) is 9.26. The van der Waals surface area contributed by atoms with Gasteiger partial charge < -0.3 is 15.2 Å². The first kappa shape index (κ1) is 8.72. The maximum atomic E-state index is 4.12. The minimum Gasteiger partial charge on any atom is -0.336 e. The van der Waals surface area contributed by atoms with Gasteiger partial charge in [-0.15, -0.1) is 0 Å². The van der Waals surface area contributed by atoms with Crippen molar-refractivity contribution in [1.29, 1.82) is 0 Å². The van der Waals surface area contributed by atoms with E-state index in [2.05, 4.69) is 27.1 Å². The van der Waals surface area contributed by atoms with Gasteiger partial charge in [0, 0.05) is 32.4 Å². The Kier molecular flexibility index (Phi) is 2.33. The molecule has 2 N–H and O–H groups in total. The first-order valence-electron chi connectivity index (χ1n) is 4.70. The van der Waals surface area contributed by atoms with E-state index in [1.165, 1.54) is 5.69 Å². The highest BCUT2D eigenvalue weighted by molar-refractivity contribution is 5.07. The van der Waals surface area contributed by atoms with Crippen molar-refractivity contribution in [2.75, 3.05) is 13.1 Å². The van der Waals surface area contributed by atoms with Gasteiger partial charge in [0.1, 0.15) is 0 Å². The van der Waals surface area contributed by atoms with Gasteiger partial charge in [0.25, 0.3) is 0 Å². The number of hydrogen-bond donors (Lipinski definition) is 2. The van der Waals surface area contributed by atoms with Crippen LogP contribution in [-0.4, -0.2) is 28.7 Å². The molecule has 1 fully saturated rings. The Morgan fingerprint density at radius 3 is 3.00 bits per heavy atom. The minimum atomic E-state index is 0.399. The molecule has 2 atom stereocenters. The fraction of sp³-hybridized carbons (Fsp3) is 0.667. The summed E-state index contributed by atoms with van der Waals surface area (Å²) in [5.41, 5.74) is 1.25. The molecule has 1 saturated heterocycles. The van der Waals surface area contributed by atoms with Crippen LogP contribution in [0.4, 0.5) is 0 Å². The van der Waals surface area contributed by atoms with Gasteiger partial charge in [-0.25, -0.2) is 4.98 Å². The zero-order valence-corrected chi connectivity index (χ0v) is 8.12. The SMILES string of the molecule is CC1CNCC(c2cncn2C)N1. The first-order chi connectivity index (χ1) is 6.27. The van der Waals surface area contributed by atoms with Gasteiger partial charge >= 0.3 is 0 Å². The predicted molar refractivity (Wildman–Crippen MR) is 51.4 cm³/mol. The quantitative estimate of drug-likeness (QED) is 0.641. The Morgan fingerprint density at radius 2 is 2.38 bits per heavy atom. The number of rotatable bonds is 1. The van der Waals surface area contributed by atoms with Crippen molar-refractivity contribution in [3.05, 3.63) is 18.2 Å². The van der Waals surface area contributed by atoms with E-state index >= 15 is 0 Å². The van der Waals surface area contributed by atoms with Gasteiger partial charge in [0.15, 0.2) is 0 Å². The smallest absolute Gasteiger partial charge is 0.0946 e. The predicted octanol–water partition coefficient (Wildman–Crippen LogP) is 0.0425. The van der Waals surface area contributed by atoms with Crippen molar-refractivity contribution < 1.29 is 0 Å². The van der Waals surface area contributed by atoms with Gasteiger partial charge in [0.05, 0.1) is 18.1 Å². The number of nitrogens with one attached hydrogen (secondary N) is 2. The van der Waals surface area contributed by atoms with Crippen molar-refractivity contribution in [3.8, 4) is 0 Å². The van der Waals surface area contributed by atoms with Crippen LogP contribution in [-0.2, 0) is 7.05 Å². The summed E-state index contributed by atoms with van der Waals surface area (Å²) in [6, 6.07) is 0.935. The highest BCUT2D eigenvalue weighted by Gasteiger charge is 2.20. The summed E-state index contributed by atoms with van der Waals surface area (Å²) in [6.07, 6.45) is 3.77. The number of aryl methyl sites for hydroxylation is 1. The molecule has 0 aliphatic carbocycles. The van der Waals surface area contributed by atoms with Gasteiger partial charge in [-0.2, -0.15) is 0 Å². The average molecular weight is 180 g/mol. The van der Waals surface area contributed by atoms with Crippen LogP contribution >= 0.6 is 0 Å². The van der Waals surface area contributed by atoms with Gasteiger partial charge in [-0.3, -0.25) is 0 Å². The van der Waals surface area contributed by atoms with E-state index in [1.807, 2.05) is 19.6 Å². The van der Waals surface area contributed by atoms with Crippen LogP contribution in [0.1, 0.15) is 18.7 Å². The second-order valence-electron chi connectivity index (χ2n) is 3.71.